The van der Waals surface area contributed by atoms with Gasteiger partial charge in [-0.15, -0.1) is 0 Å². The first-order valence-corrected chi connectivity index (χ1v) is 6.14. The molecule has 0 fully saturated rings. The number of non-ortho nitro benzene ring substituents is 1. The van der Waals surface area contributed by atoms with Crippen LogP contribution in [0.1, 0.15) is 26.5 Å². The Morgan fingerprint density at radius 1 is 1.21 bits per heavy atom. The lowest BCUT2D eigenvalue weighted by molar-refractivity contribution is -0.384. The van der Waals surface area contributed by atoms with Crippen molar-refractivity contribution in [2.75, 3.05) is 0 Å². The first-order chi connectivity index (χ1) is 8.85. The number of hydrogen-bond donors (Lipinski definition) is 0. The Bertz CT molecular complexity index is 579. The van der Waals surface area contributed by atoms with E-state index in [2.05, 4.69) is 25.9 Å². The van der Waals surface area contributed by atoms with Crippen LogP contribution in [0.5, 0.6) is 0 Å². The molecule has 1 aromatic carbocycles. The van der Waals surface area contributed by atoms with Gasteiger partial charge in [0, 0.05) is 18.3 Å². The Hall–Kier alpha value is -2.17. The van der Waals surface area contributed by atoms with Gasteiger partial charge in [-0.25, -0.2) is 4.68 Å². The molecule has 0 atom stereocenters. The van der Waals surface area contributed by atoms with Gasteiger partial charge in [-0.2, -0.15) is 5.10 Å². The van der Waals surface area contributed by atoms with Gasteiger partial charge in [0.15, 0.2) is 0 Å². The lowest BCUT2D eigenvalue weighted by Gasteiger charge is -2.15. The molecule has 0 saturated carbocycles. The van der Waals surface area contributed by atoms with E-state index in [1.807, 2.05) is 12.3 Å². The molecule has 2 rings (SSSR count). The van der Waals surface area contributed by atoms with E-state index in [1.54, 1.807) is 16.8 Å². The molecule has 0 aliphatic heterocycles. The van der Waals surface area contributed by atoms with Crippen molar-refractivity contribution in [2.24, 2.45) is 5.41 Å². The standard InChI is InChI=1S/C14H17N3O2/c1-14(2,3)10-11-8-9-16(15-11)12-4-6-13(7-5-12)17(18)19/h4-9H,10H2,1-3H3. The number of nitro groups is 1. The summed E-state index contributed by atoms with van der Waals surface area (Å²) in [5.74, 6) is 0. The molecule has 2 aromatic rings. The van der Waals surface area contributed by atoms with Gasteiger partial charge in [0.05, 0.1) is 16.3 Å². The molecule has 0 amide bonds. The summed E-state index contributed by atoms with van der Waals surface area (Å²) in [7, 11) is 0. The van der Waals surface area contributed by atoms with Crippen molar-refractivity contribution < 1.29 is 4.92 Å². The van der Waals surface area contributed by atoms with Gasteiger partial charge in [0.25, 0.3) is 5.69 Å². The molecular weight excluding hydrogens is 242 g/mol. The number of hydrogen-bond acceptors (Lipinski definition) is 3. The molecule has 1 heterocycles. The predicted molar refractivity (Wildman–Crippen MR) is 73.4 cm³/mol. The van der Waals surface area contributed by atoms with Gasteiger partial charge < -0.3 is 0 Å². The molecule has 0 radical (unpaired) electrons. The first kappa shape index (κ1) is 13.3. The molecule has 5 nitrogen and oxygen atoms in total. The van der Waals surface area contributed by atoms with Gasteiger partial charge in [-0.05, 0) is 30.0 Å². The van der Waals surface area contributed by atoms with E-state index in [0.29, 0.717) is 0 Å². The molecule has 19 heavy (non-hydrogen) atoms. The van der Waals surface area contributed by atoms with Crippen LogP contribution in [0, 0.1) is 15.5 Å². The summed E-state index contributed by atoms with van der Waals surface area (Å²) in [6.07, 6.45) is 2.77. The second-order valence-corrected chi connectivity index (χ2v) is 5.76. The highest BCUT2D eigenvalue weighted by Gasteiger charge is 2.13. The van der Waals surface area contributed by atoms with Crippen LogP contribution < -0.4 is 0 Å². The highest BCUT2D eigenvalue weighted by molar-refractivity contribution is 5.40. The number of nitrogens with zero attached hydrogens (tertiary/aromatic N) is 3. The van der Waals surface area contributed by atoms with Crippen LogP contribution in [0.2, 0.25) is 0 Å². The van der Waals surface area contributed by atoms with E-state index in [1.165, 1.54) is 12.1 Å². The zero-order valence-corrected chi connectivity index (χ0v) is 11.3. The molecule has 0 aliphatic rings. The SMILES string of the molecule is CC(C)(C)Cc1ccn(-c2ccc([N+](=O)[O-])cc2)n1. The van der Waals surface area contributed by atoms with Crippen molar-refractivity contribution in [3.05, 3.63) is 52.3 Å². The first-order valence-electron chi connectivity index (χ1n) is 6.14. The largest absolute Gasteiger partial charge is 0.269 e. The van der Waals surface area contributed by atoms with E-state index in [-0.39, 0.29) is 11.1 Å². The van der Waals surface area contributed by atoms with Crippen LogP contribution in [0.3, 0.4) is 0 Å². The minimum atomic E-state index is -0.405. The molecule has 0 aliphatic carbocycles. The summed E-state index contributed by atoms with van der Waals surface area (Å²) < 4.78 is 1.74. The van der Waals surface area contributed by atoms with Crippen molar-refractivity contribution >= 4 is 5.69 Å². The van der Waals surface area contributed by atoms with E-state index in [9.17, 15) is 10.1 Å². The van der Waals surface area contributed by atoms with Gasteiger partial charge in [0.2, 0.25) is 0 Å². The zero-order chi connectivity index (χ0) is 14.0. The molecule has 1 aromatic heterocycles. The van der Waals surface area contributed by atoms with E-state index in [4.69, 9.17) is 0 Å². The Balaban J connectivity index is 2.20. The van der Waals surface area contributed by atoms with Gasteiger partial charge >= 0.3 is 0 Å². The summed E-state index contributed by atoms with van der Waals surface area (Å²) in [6, 6.07) is 8.35. The fourth-order valence-corrected chi connectivity index (χ4v) is 1.87. The third-order valence-electron chi connectivity index (χ3n) is 2.68. The molecule has 0 bridgehead atoms. The van der Waals surface area contributed by atoms with Crippen LogP contribution >= 0.6 is 0 Å². The third kappa shape index (κ3) is 3.40. The number of nitro benzene ring substituents is 1. The average Bonchev–Trinajstić information content (AvgIpc) is 2.75. The third-order valence-corrected chi connectivity index (χ3v) is 2.68. The van der Waals surface area contributed by atoms with Crippen LogP contribution in [0.25, 0.3) is 5.69 Å². The summed E-state index contributed by atoms with van der Waals surface area (Å²) in [5.41, 5.74) is 2.12. The smallest absolute Gasteiger partial charge is 0.258 e. The van der Waals surface area contributed by atoms with Crippen LogP contribution in [-0.2, 0) is 6.42 Å². The Labute approximate surface area is 112 Å². The molecule has 100 valence electrons. The maximum atomic E-state index is 10.6. The van der Waals surface area contributed by atoms with Gasteiger partial charge in [-0.3, -0.25) is 10.1 Å². The van der Waals surface area contributed by atoms with Crippen molar-refractivity contribution in [3.8, 4) is 5.69 Å². The van der Waals surface area contributed by atoms with E-state index in [0.717, 1.165) is 17.8 Å². The Morgan fingerprint density at radius 3 is 2.37 bits per heavy atom. The van der Waals surface area contributed by atoms with Crippen molar-refractivity contribution in [3.63, 3.8) is 0 Å². The zero-order valence-electron chi connectivity index (χ0n) is 11.3. The highest BCUT2D eigenvalue weighted by Crippen LogP contribution is 2.20. The van der Waals surface area contributed by atoms with Crippen LogP contribution in [0.15, 0.2) is 36.5 Å². The van der Waals surface area contributed by atoms with Crippen molar-refractivity contribution in [1.29, 1.82) is 0 Å². The molecular formula is C14H17N3O2. The normalized spacial score (nSPS) is 11.5. The van der Waals surface area contributed by atoms with Crippen molar-refractivity contribution in [1.82, 2.24) is 9.78 Å². The minimum Gasteiger partial charge on any atom is -0.258 e. The maximum Gasteiger partial charge on any atom is 0.269 e. The maximum absolute atomic E-state index is 10.6. The summed E-state index contributed by atoms with van der Waals surface area (Å²) in [6.45, 7) is 6.49. The van der Waals surface area contributed by atoms with Gasteiger partial charge in [0.1, 0.15) is 0 Å². The topological polar surface area (TPSA) is 61.0 Å². The predicted octanol–water partition coefficient (Wildman–Crippen LogP) is 3.37. The molecule has 0 saturated heterocycles. The number of aromatic nitrogens is 2. The summed E-state index contributed by atoms with van der Waals surface area (Å²) in [5, 5.41) is 15.1. The monoisotopic (exact) mass is 259 g/mol. The Morgan fingerprint density at radius 2 is 1.84 bits per heavy atom. The highest BCUT2D eigenvalue weighted by atomic mass is 16.6. The lowest BCUT2D eigenvalue weighted by atomic mass is 9.91. The fraction of sp³-hybridized carbons (Fsp3) is 0.357. The van der Waals surface area contributed by atoms with E-state index < -0.39 is 4.92 Å². The van der Waals surface area contributed by atoms with E-state index >= 15 is 0 Å². The molecule has 5 heteroatoms. The van der Waals surface area contributed by atoms with Crippen LogP contribution in [0.4, 0.5) is 5.69 Å². The second kappa shape index (κ2) is 4.84. The second-order valence-electron chi connectivity index (χ2n) is 5.76. The number of rotatable bonds is 3. The lowest BCUT2D eigenvalue weighted by Crippen LogP contribution is -2.10. The summed E-state index contributed by atoms with van der Waals surface area (Å²) in [4.78, 5) is 10.2. The van der Waals surface area contributed by atoms with Crippen LogP contribution in [-0.4, -0.2) is 14.7 Å². The fourth-order valence-electron chi connectivity index (χ4n) is 1.87. The summed E-state index contributed by atoms with van der Waals surface area (Å²) >= 11 is 0. The Kier molecular flexibility index (Phi) is 3.38. The average molecular weight is 259 g/mol. The van der Waals surface area contributed by atoms with Crippen molar-refractivity contribution in [2.45, 2.75) is 27.2 Å². The quantitative estimate of drug-likeness (QED) is 0.627. The minimum absolute atomic E-state index is 0.0887. The van der Waals surface area contributed by atoms with Gasteiger partial charge in [-0.1, -0.05) is 20.8 Å². The molecule has 0 spiro atoms. The molecule has 0 N–H and O–H groups in total. The molecule has 0 unspecified atom stereocenters. The number of benzene rings is 1.